The first-order valence-corrected chi connectivity index (χ1v) is 5.60. The van der Waals surface area contributed by atoms with Gasteiger partial charge in [-0.2, -0.15) is 0 Å². The molecule has 0 saturated carbocycles. The number of hydrogen-bond donors (Lipinski definition) is 1. The van der Waals surface area contributed by atoms with Gasteiger partial charge in [-0.25, -0.2) is 4.98 Å². The van der Waals surface area contributed by atoms with Crippen LogP contribution in [0.5, 0.6) is 0 Å². The summed E-state index contributed by atoms with van der Waals surface area (Å²) in [6.45, 7) is 1.78. The van der Waals surface area contributed by atoms with E-state index in [0.717, 1.165) is 43.0 Å². The highest BCUT2D eigenvalue weighted by Crippen LogP contribution is 2.27. The molecule has 0 radical (unpaired) electrons. The van der Waals surface area contributed by atoms with Crippen LogP contribution in [0.1, 0.15) is 16.9 Å². The number of imidazole rings is 1. The SMILES string of the molecule is O=Cc1nc(-c2ccncc2)n2c1NCCC2. The zero-order valence-electron chi connectivity index (χ0n) is 9.26. The Labute approximate surface area is 98.5 Å². The van der Waals surface area contributed by atoms with E-state index in [1.165, 1.54) is 0 Å². The predicted octanol–water partition coefficient (Wildman–Crippen LogP) is 1.57. The van der Waals surface area contributed by atoms with Crippen molar-refractivity contribution in [3.63, 3.8) is 0 Å². The molecule has 1 aliphatic rings. The molecule has 0 aliphatic carbocycles. The van der Waals surface area contributed by atoms with E-state index in [0.29, 0.717) is 5.69 Å². The fourth-order valence-corrected chi connectivity index (χ4v) is 2.12. The fraction of sp³-hybridized carbons (Fsp3) is 0.250. The lowest BCUT2D eigenvalue weighted by molar-refractivity contribution is 0.112. The van der Waals surface area contributed by atoms with Gasteiger partial charge in [-0.1, -0.05) is 0 Å². The monoisotopic (exact) mass is 228 g/mol. The zero-order chi connectivity index (χ0) is 11.7. The van der Waals surface area contributed by atoms with Crippen LogP contribution >= 0.6 is 0 Å². The summed E-state index contributed by atoms with van der Waals surface area (Å²) in [5, 5.41) is 3.23. The van der Waals surface area contributed by atoms with Crippen LogP contribution in [0.3, 0.4) is 0 Å². The van der Waals surface area contributed by atoms with Crippen molar-refractivity contribution in [1.82, 2.24) is 14.5 Å². The minimum Gasteiger partial charge on any atom is -0.369 e. The molecule has 2 aromatic heterocycles. The van der Waals surface area contributed by atoms with Crippen LogP contribution in [0.15, 0.2) is 24.5 Å². The normalized spacial score (nSPS) is 13.9. The summed E-state index contributed by atoms with van der Waals surface area (Å²) in [4.78, 5) is 19.4. The first kappa shape index (κ1) is 10.0. The third kappa shape index (κ3) is 1.60. The molecule has 0 atom stereocenters. The van der Waals surface area contributed by atoms with Crippen molar-refractivity contribution < 1.29 is 4.79 Å². The Balaban J connectivity index is 2.17. The molecule has 5 heteroatoms. The lowest BCUT2D eigenvalue weighted by Gasteiger charge is -2.18. The number of nitrogens with zero attached hydrogens (tertiary/aromatic N) is 3. The number of nitrogens with one attached hydrogen (secondary N) is 1. The van der Waals surface area contributed by atoms with Crippen molar-refractivity contribution in [2.45, 2.75) is 13.0 Å². The maximum Gasteiger partial charge on any atom is 0.172 e. The van der Waals surface area contributed by atoms with Gasteiger partial charge in [-0.3, -0.25) is 9.78 Å². The second-order valence-corrected chi connectivity index (χ2v) is 3.95. The summed E-state index contributed by atoms with van der Waals surface area (Å²) < 4.78 is 2.06. The molecule has 0 amide bonds. The zero-order valence-corrected chi connectivity index (χ0v) is 9.26. The van der Waals surface area contributed by atoms with Gasteiger partial charge in [0.25, 0.3) is 0 Å². The standard InChI is InChI=1S/C12H12N4O/c17-8-10-12-14-4-1-7-16(12)11(15-10)9-2-5-13-6-3-9/h2-3,5-6,8,14H,1,4,7H2. The Morgan fingerprint density at radius 3 is 2.94 bits per heavy atom. The minimum absolute atomic E-state index is 0.483. The molecule has 3 rings (SSSR count). The van der Waals surface area contributed by atoms with Gasteiger partial charge in [0, 0.05) is 31.0 Å². The average molecular weight is 228 g/mol. The molecule has 1 aliphatic heterocycles. The molecule has 0 bridgehead atoms. The van der Waals surface area contributed by atoms with Crippen molar-refractivity contribution >= 4 is 12.1 Å². The molecule has 86 valence electrons. The van der Waals surface area contributed by atoms with Gasteiger partial charge in [0.1, 0.15) is 17.3 Å². The number of carbonyl (C=O) groups is 1. The first-order valence-electron chi connectivity index (χ1n) is 5.60. The Kier molecular flexibility index (Phi) is 2.36. The van der Waals surface area contributed by atoms with Crippen molar-refractivity contribution in [3.8, 4) is 11.4 Å². The Bertz CT molecular complexity index is 547. The number of anilines is 1. The molecule has 2 aromatic rings. The van der Waals surface area contributed by atoms with Crippen molar-refractivity contribution in [2.75, 3.05) is 11.9 Å². The third-order valence-electron chi connectivity index (χ3n) is 2.90. The van der Waals surface area contributed by atoms with Gasteiger partial charge in [0.15, 0.2) is 6.29 Å². The van der Waals surface area contributed by atoms with Crippen molar-refractivity contribution in [3.05, 3.63) is 30.2 Å². The maximum atomic E-state index is 11.0. The van der Waals surface area contributed by atoms with Crippen LogP contribution in [0, 0.1) is 0 Å². The average Bonchev–Trinajstić information content (AvgIpc) is 2.78. The van der Waals surface area contributed by atoms with Crippen LogP contribution in [-0.4, -0.2) is 27.4 Å². The van der Waals surface area contributed by atoms with Gasteiger partial charge >= 0.3 is 0 Å². The van der Waals surface area contributed by atoms with Crippen molar-refractivity contribution in [1.29, 1.82) is 0 Å². The van der Waals surface area contributed by atoms with E-state index in [1.54, 1.807) is 12.4 Å². The number of rotatable bonds is 2. The third-order valence-corrected chi connectivity index (χ3v) is 2.90. The Morgan fingerprint density at radius 1 is 1.35 bits per heavy atom. The van der Waals surface area contributed by atoms with Gasteiger partial charge in [-0.05, 0) is 18.6 Å². The fourth-order valence-electron chi connectivity index (χ4n) is 2.12. The molecule has 0 unspecified atom stereocenters. The van der Waals surface area contributed by atoms with Gasteiger partial charge in [0.2, 0.25) is 0 Å². The van der Waals surface area contributed by atoms with Crippen LogP contribution in [0.25, 0.3) is 11.4 Å². The molecule has 0 fully saturated rings. The molecule has 3 heterocycles. The smallest absolute Gasteiger partial charge is 0.172 e. The lowest BCUT2D eigenvalue weighted by atomic mass is 10.2. The molecule has 0 spiro atoms. The largest absolute Gasteiger partial charge is 0.369 e. The van der Waals surface area contributed by atoms with Crippen LogP contribution < -0.4 is 5.32 Å². The summed E-state index contributed by atoms with van der Waals surface area (Å²) in [5.74, 6) is 1.66. The van der Waals surface area contributed by atoms with E-state index in [9.17, 15) is 4.79 Å². The molecular formula is C12H12N4O. The minimum atomic E-state index is 0.483. The van der Waals surface area contributed by atoms with Crippen LogP contribution in [0.4, 0.5) is 5.82 Å². The first-order chi connectivity index (χ1) is 8.40. The van der Waals surface area contributed by atoms with E-state index < -0.39 is 0 Å². The Hall–Kier alpha value is -2.17. The number of fused-ring (bicyclic) bond motifs is 1. The molecule has 1 N–H and O–H groups in total. The molecular weight excluding hydrogens is 216 g/mol. The van der Waals surface area contributed by atoms with Crippen LogP contribution in [0.2, 0.25) is 0 Å². The second-order valence-electron chi connectivity index (χ2n) is 3.95. The summed E-state index contributed by atoms with van der Waals surface area (Å²) >= 11 is 0. The molecule has 17 heavy (non-hydrogen) atoms. The Morgan fingerprint density at radius 2 is 2.18 bits per heavy atom. The van der Waals surface area contributed by atoms with Gasteiger partial charge in [-0.15, -0.1) is 0 Å². The highest BCUT2D eigenvalue weighted by molar-refractivity contribution is 5.82. The predicted molar refractivity (Wildman–Crippen MR) is 64.0 cm³/mol. The van der Waals surface area contributed by atoms with Crippen LogP contribution in [-0.2, 0) is 6.54 Å². The van der Waals surface area contributed by atoms with E-state index >= 15 is 0 Å². The van der Waals surface area contributed by atoms with E-state index in [2.05, 4.69) is 19.9 Å². The lowest BCUT2D eigenvalue weighted by Crippen LogP contribution is -2.18. The highest BCUT2D eigenvalue weighted by atomic mass is 16.1. The topological polar surface area (TPSA) is 59.8 Å². The van der Waals surface area contributed by atoms with E-state index in [4.69, 9.17) is 0 Å². The number of pyridine rings is 1. The summed E-state index contributed by atoms with van der Waals surface area (Å²) in [6, 6.07) is 3.80. The molecule has 5 nitrogen and oxygen atoms in total. The van der Waals surface area contributed by atoms with E-state index in [-0.39, 0.29) is 0 Å². The highest BCUT2D eigenvalue weighted by Gasteiger charge is 2.19. The summed E-state index contributed by atoms with van der Waals surface area (Å²) in [6.07, 6.45) is 5.30. The summed E-state index contributed by atoms with van der Waals surface area (Å²) in [5.41, 5.74) is 1.47. The summed E-state index contributed by atoms with van der Waals surface area (Å²) in [7, 11) is 0. The number of carbonyl (C=O) groups excluding carboxylic acids is 1. The number of hydrogen-bond acceptors (Lipinski definition) is 4. The van der Waals surface area contributed by atoms with Crippen molar-refractivity contribution in [2.24, 2.45) is 0 Å². The number of aldehydes is 1. The second kappa shape index (κ2) is 4.01. The number of aromatic nitrogens is 3. The van der Waals surface area contributed by atoms with Gasteiger partial charge < -0.3 is 9.88 Å². The quantitative estimate of drug-likeness (QED) is 0.793. The molecule has 0 saturated heterocycles. The molecule has 0 aromatic carbocycles. The van der Waals surface area contributed by atoms with E-state index in [1.807, 2.05) is 12.1 Å². The van der Waals surface area contributed by atoms with Gasteiger partial charge in [0.05, 0.1) is 0 Å². The maximum absolute atomic E-state index is 11.0.